The fourth-order valence-corrected chi connectivity index (χ4v) is 7.79. The van der Waals surface area contributed by atoms with E-state index in [1.807, 2.05) is 30.7 Å². The van der Waals surface area contributed by atoms with E-state index in [9.17, 15) is 0 Å². The van der Waals surface area contributed by atoms with E-state index >= 15 is 0 Å². The van der Waals surface area contributed by atoms with Crippen molar-refractivity contribution >= 4 is 0 Å². The Labute approximate surface area is 274 Å². The molecule has 0 spiro atoms. The van der Waals surface area contributed by atoms with Crippen LogP contribution in [0.2, 0.25) is 0 Å². The molecule has 3 aromatic heterocycles. The summed E-state index contributed by atoms with van der Waals surface area (Å²) in [7, 11) is 0. The number of benzene rings is 2. The Morgan fingerprint density at radius 1 is 0.826 bits per heavy atom. The molecule has 0 aliphatic heterocycles. The van der Waals surface area contributed by atoms with Crippen LogP contribution < -0.4 is 4.57 Å². The number of aromatic nitrogens is 4. The zero-order valence-corrected chi connectivity index (χ0v) is 27.5. The average Bonchev–Trinajstić information content (AvgIpc) is 3.93. The molecule has 2 unspecified atom stereocenters. The van der Waals surface area contributed by atoms with Crippen LogP contribution in [-0.2, 0) is 18.4 Å². The van der Waals surface area contributed by atoms with Crippen molar-refractivity contribution in [2.24, 2.45) is 11.8 Å². The van der Waals surface area contributed by atoms with Gasteiger partial charge in [0.2, 0.25) is 5.69 Å². The fraction of sp³-hybridized carbons (Fsp3) is 0.333. The van der Waals surface area contributed by atoms with Crippen molar-refractivity contribution in [2.75, 3.05) is 0 Å². The first-order chi connectivity index (χ1) is 22.6. The average molecular weight is 606 g/mol. The zero-order chi connectivity index (χ0) is 31.5. The summed E-state index contributed by atoms with van der Waals surface area (Å²) in [6, 6.07) is 28.6. The van der Waals surface area contributed by atoms with Gasteiger partial charge in [-0.15, -0.1) is 0 Å². The van der Waals surface area contributed by atoms with Crippen LogP contribution in [0, 0.1) is 18.8 Å². The summed E-state index contributed by atoms with van der Waals surface area (Å²) in [6.07, 6.45) is 19.2. The van der Waals surface area contributed by atoms with Gasteiger partial charge in [-0.1, -0.05) is 69.5 Å². The molecular weight excluding hydrogens is 560 g/mol. The molecular formula is C42H45N4+. The molecule has 0 saturated heterocycles. The van der Waals surface area contributed by atoms with E-state index in [0.29, 0.717) is 5.92 Å². The molecule has 3 heterocycles. The molecule has 2 aliphatic carbocycles. The largest absolute Gasteiger partial charge is 0.256 e. The highest BCUT2D eigenvalue weighted by molar-refractivity contribution is 5.71. The van der Waals surface area contributed by atoms with E-state index in [1.165, 1.54) is 64.8 Å². The number of nitrogens with zero attached hydrogens (tertiary/aromatic N) is 4. The Kier molecular flexibility index (Phi) is 8.62. The highest BCUT2D eigenvalue weighted by atomic mass is 15.0. The number of rotatable bonds is 12. The standard InChI is InChI=1S/C42H45N4/c1-4-34-28-35(29-46-25-9-7-15-40(46)36-27-33(20-16-30(36)3)41-44-23-11-24-45-41)42(34,5-2)38-21-19-32(13-10-12-31-17-18-31)26-37(38)39-14-6-8-22-43-39/h6-9,11,14-16,19-28,31,34H,4-5,10,12-13,17-18,29H2,1-3H3/q+1. The van der Waals surface area contributed by atoms with E-state index in [-0.39, 0.29) is 5.41 Å². The predicted octanol–water partition coefficient (Wildman–Crippen LogP) is 9.52. The van der Waals surface area contributed by atoms with Gasteiger partial charge in [0.25, 0.3) is 0 Å². The lowest BCUT2D eigenvalue weighted by molar-refractivity contribution is -0.679. The Hall–Kier alpha value is -4.44. The third-order valence-corrected chi connectivity index (χ3v) is 10.5. The van der Waals surface area contributed by atoms with Crippen molar-refractivity contribution in [3.8, 4) is 33.9 Å². The molecule has 46 heavy (non-hydrogen) atoms. The molecule has 0 bridgehead atoms. The first-order valence-electron chi connectivity index (χ1n) is 17.2. The molecule has 2 atom stereocenters. The molecule has 2 aromatic carbocycles. The van der Waals surface area contributed by atoms with Gasteiger partial charge in [-0.2, -0.15) is 4.57 Å². The van der Waals surface area contributed by atoms with Crippen molar-refractivity contribution in [3.05, 3.63) is 132 Å². The Morgan fingerprint density at radius 3 is 2.41 bits per heavy atom. The summed E-state index contributed by atoms with van der Waals surface area (Å²) in [5, 5.41) is 0. The van der Waals surface area contributed by atoms with Gasteiger partial charge in [-0.05, 0) is 97.5 Å². The highest BCUT2D eigenvalue weighted by Crippen LogP contribution is 2.55. The van der Waals surface area contributed by atoms with Gasteiger partial charge in [0.05, 0.1) is 5.69 Å². The lowest BCUT2D eigenvalue weighted by Crippen LogP contribution is -2.50. The maximum Gasteiger partial charge on any atom is 0.213 e. The van der Waals surface area contributed by atoms with E-state index < -0.39 is 0 Å². The van der Waals surface area contributed by atoms with Gasteiger partial charge < -0.3 is 0 Å². The van der Waals surface area contributed by atoms with Crippen LogP contribution in [0.3, 0.4) is 0 Å². The number of hydrogen-bond donors (Lipinski definition) is 0. The molecule has 0 amide bonds. The van der Waals surface area contributed by atoms with Crippen LogP contribution >= 0.6 is 0 Å². The molecule has 4 heteroatoms. The van der Waals surface area contributed by atoms with Crippen LogP contribution in [0.15, 0.2) is 115 Å². The summed E-state index contributed by atoms with van der Waals surface area (Å²) in [5.41, 5.74) is 11.4. The van der Waals surface area contributed by atoms with Crippen LogP contribution in [0.25, 0.3) is 33.9 Å². The van der Waals surface area contributed by atoms with E-state index in [4.69, 9.17) is 4.98 Å². The molecule has 2 aliphatic rings. The van der Waals surface area contributed by atoms with Gasteiger partial charge in [0.15, 0.2) is 18.6 Å². The summed E-state index contributed by atoms with van der Waals surface area (Å²) < 4.78 is 2.44. The molecule has 7 rings (SSSR count). The molecule has 0 radical (unpaired) electrons. The number of allylic oxidation sites excluding steroid dienone is 2. The molecule has 0 N–H and O–H groups in total. The second-order valence-corrected chi connectivity index (χ2v) is 13.3. The van der Waals surface area contributed by atoms with Crippen molar-refractivity contribution in [1.29, 1.82) is 0 Å². The van der Waals surface area contributed by atoms with Crippen LogP contribution in [0.4, 0.5) is 0 Å². The summed E-state index contributed by atoms with van der Waals surface area (Å²) in [4.78, 5) is 13.9. The van der Waals surface area contributed by atoms with Crippen molar-refractivity contribution in [2.45, 2.75) is 77.7 Å². The minimum absolute atomic E-state index is 0.0387. The lowest BCUT2D eigenvalue weighted by Gasteiger charge is -2.49. The number of pyridine rings is 2. The van der Waals surface area contributed by atoms with Crippen LogP contribution in [-0.4, -0.2) is 15.0 Å². The first kappa shape index (κ1) is 30.2. The lowest BCUT2D eigenvalue weighted by atomic mass is 9.54. The van der Waals surface area contributed by atoms with Gasteiger partial charge >= 0.3 is 0 Å². The molecule has 1 fully saturated rings. The summed E-state index contributed by atoms with van der Waals surface area (Å²) in [5.74, 6) is 2.22. The number of hydrogen-bond acceptors (Lipinski definition) is 3. The maximum absolute atomic E-state index is 4.90. The summed E-state index contributed by atoms with van der Waals surface area (Å²) >= 11 is 0. The van der Waals surface area contributed by atoms with Gasteiger partial charge in [0.1, 0.15) is 0 Å². The monoisotopic (exact) mass is 605 g/mol. The van der Waals surface area contributed by atoms with Crippen LogP contribution in [0.1, 0.15) is 69.1 Å². The zero-order valence-electron chi connectivity index (χ0n) is 27.5. The number of aryl methyl sites for hydroxylation is 2. The van der Waals surface area contributed by atoms with Gasteiger partial charge in [0, 0.05) is 58.4 Å². The molecule has 1 saturated carbocycles. The van der Waals surface area contributed by atoms with E-state index in [1.54, 1.807) is 0 Å². The minimum Gasteiger partial charge on any atom is -0.256 e. The predicted molar refractivity (Wildman–Crippen MR) is 187 cm³/mol. The quantitative estimate of drug-likeness (QED) is 0.105. The Balaban J connectivity index is 1.27. The molecule has 232 valence electrons. The van der Waals surface area contributed by atoms with E-state index in [0.717, 1.165) is 48.8 Å². The van der Waals surface area contributed by atoms with Gasteiger partial charge in [-0.25, -0.2) is 9.97 Å². The summed E-state index contributed by atoms with van der Waals surface area (Å²) in [6.45, 7) is 7.76. The SMILES string of the molecule is CCC1C=C(C[n+]2ccccc2-c2cc(-c3ncccn3)ccc2C)C1(CC)c1ccc(CCCC2CC2)cc1-c1ccccn1. The van der Waals surface area contributed by atoms with Crippen molar-refractivity contribution < 1.29 is 4.57 Å². The van der Waals surface area contributed by atoms with Crippen molar-refractivity contribution in [1.82, 2.24) is 15.0 Å². The minimum atomic E-state index is -0.0387. The third-order valence-electron chi connectivity index (χ3n) is 10.5. The topological polar surface area (TPSA) is 42.5 Å². The second kappa shape index (κ2) is 13.1. The van der Waals surface area contributed by atoms with Crippen molar-refractivity contribution in [3.63, 3.8) is 0 Å². The Bertz CT molecular complexity index is 1840. The smallest absolute Gasteiger partial charge is 0.213 e. The second-order valence-electron chi connectivity index (χ2n) is 13.3. The molecule has 4 nitrogen and oxygen atoms in total. The normalized spacial score (nSPS) is 19.0. The highest BCUT2D eigenvalue weighted by Gasteiger charge is 2.50. The van der Waals surface area contributed by atoms with Gasteiger partial charge in [-0.3, -0.25) is 4.98 Å². The fourth-order valence-electron chi connectivity index (χ4n) is 7.79. The first-order valence-corrected chi connectivity index (χ1v) is 17.2. The molecule has 5 aromatic rings. The van der Waals surface area contributed by atoms with Crippen LogP contribution in [0.5, 0.6) is 0 Å². The third kappa shape index (κ3) is 5.82. The maximum atomic E-state index is 4.90. The Morgan fingerprint density at radius 2 is 1.65 bits per heavy atom. The van der Waals surface area contributed by atoms with E-state index in [2.05, 4.69) is 114 Å².